The minimum absolute atomic E-state index is 0.109. The summed E-state index contributed by atoms with van der Waals surface area (Å²) in [6.07, 6.45) is 10.7. The minimum Gasteiger partial charge on any atom is -0.303 e. The van der Waals surface area contributed by atoms with Gasteiger partial charge < -0.3 is 4.90 Å². The van der Waals surface area contributed by atoms with Crippen molar-refractivity contribution < 1.29 is 8.78 Å². The summed E-state index contributed by atoms with van der Waals surface area (Å²) in [5, 5.41) is 0. The molecule has 25 heavy (non-hydrogen) atoms. The summed E-state index contributed by atoms with van der Waals surface area (Å²) >= 11 is 0. The second-order valence-corrected chi connectivity index (χ2v) is 8.28. The number of hydrogen-bond donors (Lipinski definition) is 0. The maximum atomic E-state index is 13.0. The van der Waals surface area contributed by atoms with Gasteiger partial charge in [0.1, 0.15) is 0 Å². The van der Waals surface area contributed by atoms with Crippen LogP contribution in [-0.2, 0) is 0 Å². The smallest absolute Gasteiger partial charge is 0.245 e. The number of rotatable bonds is 7. The fourth-order valence-corrected chi connectivity index (χ4v) is 3.96. The fourth-order valence-electron chi connectivity index (χ4n) is 3.96. The Balaban J connectivity index is 1.80. The number of nitrogens with zero attached hydrogens (tertiary/aromatic N) is 2. The molecule has 0 radical (unpaired) electrons. The van der Waals surface area contributed by atoms with E-state index in [2.05, 4.69) is 11.8 Å². The largest absolute Gasteiger partial charge is 0.303 e. The van der Waals surface area contributed by atoms with Gasteiger partial charge in [0.2, 0.25) is 5.92 Å². The van der Waals surface area contributed by atoms with Crippen molar-refractivity contribution in [2.45, 2.75) is 90.9 Å². The number of halogens is 2. The molecule has 0 unspecified atom stereocenters. The summed E-state index contributed by atoms with van der Waals surface area (Å²) in [5.41, 5.74) is 3.31. The van der Waals surface area contributed by atoms with Crippen molar-refractivity contribution in [1.82, 2.24) is 4.90 Å². The third kappa shape index (κ3) is 7.98. The third-order valence-corrected chi connectivity index (χ3v) is 5.79. The highest BCUT2D eigenvalue weighted by atomic mass is 19.3. The van der Waals surface area contributed by atoms with E-state index in [9.17, 15) is 8.78 Å². The molecule has 2 nitrogen and oxygen atoms in total. The van der Waals surface area contributed by atoms with Gasteiger partial charge in [-0.1, -0.05) is 37.7 Å². The number of hydrogen-bond acceptors (Lipinski definition) is 2. The van der Waals surface area contributed by atoms with E-state index < -0.39 is 5.92 Å². The Bertz CT molecular complexity index is 471. The van der Waals surface area contributed by atoms with Crippen LogP contribution in [0.25, 0.3) is 0 Å². The van der Waals surface area contributed by atoms with E-state index in [4.69, 9.17) is 4.99 Å². The van der Waals surface area contributed by atoms with Gasteiger partial charge in [-0.3, -0.25) is 4.99 Å². The predicted molar refractivity (Wildman–Crippen MR) is 103 cm³/mol. The first-order valence-corrected chi connectivity index (χ1v) is 10.2. The lowest BCUT2D eigenvalue weighted by atomic mass is 9.87. The molecule has 2 aliphatic rings. The predicted octanol–water partition coefficient (Wildman–Crippen LogP) is 6.22. The Labute approximate surface area is 152 Å². The van der Waals surface area contributed by atoms with Crippen LogP contribution in [0.5, 0.6) is 0 Å². The van der Waals surface area contributed by atoms with Crippen LogP contribution in [0.3, 0.4) is 0 Å². The van der Waals surface area contributed by atoms with Crippen molar-refractivity contribution >= 4 is 5.71 Å². The molecule has 144 valence electrons. The highest BCUT2D eigenvalue weighted by Crippen LogP contribution is 2.27. The maximum absolute atomic E-state index is 13.0. The van der Waals surface area contributed by atoms with Crippen molar-refractivity contribution in [3.8, 4) is 0 Å². The normalized spacial score (nSPS) is 22.4. The molecule has 0 saturated heterocycles. The third-order valence-electron chi connectivity index (χ3n) is 5.79. The summed E-state index contributed by atoms with van der Waals surface area (Å²) in [5.74, 6) is -1.67. The molecule has 0 aromatic heterocycles. The first-order chi connectivity index (χ1) is 11.8. The van der Waals surface area contributed by atoms with Gasteiger partial charge >= 0.3 is 0 Å². The molecule has 0 atom stereocenters. The van der Waals surface area contributed by atoms with Gasteiger partial charge in [0, 0.05) is 37.3 Å². The molecule has 4 heteroatoms. The molecule has 0 aromatic rings. The van der Waals surface area contributed by atoms with E-state index >= 15 is 0 Å². The molecule has 0 N–H and O–H groups in total. The van der Waals surface area contributed by atoms with Crippen molar-refractivity contribution in [2.75, 3.05) is 19.6 Å². The molecular weight excluding hydrogens is 318 g/mol. The molecule has 0 spiro atoms. The van der Waals surface area contributed by atoms with E-state index in [0.29, 0.717) is 6.42 Å². The zero-order valence-electron chi connectivity index (χ0n) is 16.4. The van der Waals surface area contributed by atoms with E-state index in [1.54, 1.807) is 0 Å². The second-order valence-electron chi connectivity index (χ2n) is 8.28. The van der Waals surface area contributed by atoms with E-state index in [-0.39, 0.29) is 6.42 Å². The number of aliphatic imine (C=N–C) groups is 1. The Kier molecular flexibility index (Phi) is 8.05. The van der Waals surface area contributed by atoms with Crippen LogP contribution in [0, 0.1) is 5.92 Å². The summed E-state index contributed by atoms with van der Waals surface area (Å²) < 4.78 is 26.0. The minimum atomic E-state index is -2.60. The fraction of sp³-hybridized carbons (Fsp3) is 0.857. The van der Waals surface area contributed by atoms with Crippen LogP contribution in [-0.4, -0.2) is 36.2 Å². The quantitative estimate of drug-likeness (QED) is 0.495. The molecule has 1 fully saturated rings. The first kappa shape index (κ1) is 20.5. The van der Waals surface area contributed by atoms with Gasteiger partial charge in [-0.15, -0.1) is 0 Å². The molecule has 1 heterocycles. The molecule has 1 saturated carbocycles. The molecule has 0 amide bonds. The second kappa shape index (κ2) is 9.80. The summed E-state index contributed by atoms with van der Waals surface area (Å²) in [6, 6.07) is 0. The summed E-state index contributed by atoms with van der Waals surface area (Å²) in [6.45, 7) is 8.41. The lowest BCUT2D eigenvalue weighted by molar-refractivity contribution is 0.0150. The topological polar surface area (TPSA) is 15.6 Å². The van der Waals surface area contributed by atoms with Gasteiger partial charge in [-0.05, 0) is 52.5 Å². The average Bonchev–Trinajstić information content (AvgIpc) is 2.74. The lowest BCUT2D eigenvalue weighted by Crippen LogP contribution is -2.28. The molecule has 1 aliphatic heterocycles. The number of alkyl halides is 2. The van der Waals surface area contributed by atoms with Gasteiger partial charge in [0.05, 0.1) is 0 Å². The highest BCUT2D eigenvalue weighted by molar-refractivity contribution is 5.83. The molecule has 1 aliphatic carbocycles. The van der Waals surface area contributed by atoms with E-state index in [1.165, 1.54) is 50.6 Å². The van der Waals surface area contributed by atoms with Gasteiger partial charge in [0.25, 0.3) is 0 Å². The standard InChI is InChI=1S/C21H36F2N2/c1-17-10-14-25(15-11-19-7-5-4-6-8-19)16-12-20(17)24-18(2)9-13-21(3,22)23/h19H,4-16H2,1-3H3. The van der Waals surface area contributed by atoms with Crippen LogP contribution >= 0.6 is 0 Å². The molecule has 2 rings (SSSR count). The van der Waals surface area contributed by atoms with Crippen molar-refractivity contribution in [2.24, 2.45) is 10.9 Å². The van der Waals surface area contributed by atoms with Gasteiger partial charge in [-0.2, -0.15) is 0 Å². The van der Waals surface area contributed by atoms with Crippen molar-refractivity contribution in [3.05, 3.63) is 11.3 Å². The zero-order chi connectivity index (χ0) is 18.3. The van der Waals surface area contributed by atoms with Gasteiger partial charge in [0.15, 0.2) is 0 Å². The zero-order valence-corrected chi connectivity index (χ0v) is 16.4. The van der Waals surface area contributed by atoms with Crippen LogP contribution in [0.4, 0.5) is 8.78 Å². The van der Waals surface area contributed by atoms with Gasteiger partial charge in [-0.25, -0.2) is 8.78 Å². The van der Waals surface area contributed by atoms with E-state index in [0.717, 1.165) is 50.2 Å². The van der Waals surface area contributed by atoms with Crippen LogP contribution in [0.2, 0.25) is 0 Å². The molecule has 0 aromatic carbocycles. The maximum Gasteiger partial charge on any atom is 0.245 e. The Morgan fingerprint density at radius 2 is 1.84 bits per heavy atom. The van der Waals surface area contributed by atoms with Crippen molar-refractivity contribution in [1.29, 1.82) is 0 Å². The average molecular weight is 355 g/mol. The van der Waals surface area contributed by atoms with Crippen molar-refractivity contribution in [3.63, 3.8) is 0 Å². The summed E-state index contributed by atoms with van der Waals surface area (Å²) in [7, 11) is 0. The first-order valence-electron chi connectivity index (χ1n) is 10.2. The Morgan fingerprint density at radius 3 is 2.52 bits per heavy atom. The monoisotopic (exact) mass is 354 g/mol. The summed E-state index contributed by atoms with van der Waals surface area (Å²) in [4.78, 5) is 7.28. The Morgan fingerprint density at radius 1 is 1.16 bits per heavy atom. The van der Waals surface area contributed by atoms with Crippen LogP contribution in [0.1, 0.15) is 85.0 Å². The van der Waals surface area contributed by atoms with Crippen LogP contribution in [0.15, 0.2) is 16.3 Å². The lowest BCUT2D eigenvalue weighted by Gasteiger charge is -2.26. The molecule has 0 bridgehead atoms. The Hall–Kier alpha value is -0.770. The highest BCUT2D eigenvalue weighted by Gasteiger charge is 2.21. The van der Waals surface area contributed by atoms with E-state index in [1.807, 2.05) is 6.92 Å². The SMILES string of the molecule is CC(CCC(C)(F)F)=NC1=C(C)CCN(CCC2CCCCC2)CC1. The van der Waals surface area contributed by atoms with Crippen LogP contribution < -0.4 is 0 Å². The molecular formula is C21H36F2N2.